The second kappa shape index (κ2) is 7.37. The summed E-state index contributed by atoms with van der Waals surface area (Å²) in [6.07, 6.45) is 0.984. The third-order valence-electron chi connectivity index (χ3n) is 4.03. The Balaban J connectivity index is 1.89. The Morgan fingerprint density at radius 3 is 2.63 bits per heavy atom. The minimum Gasteiger partial charge on any atom is -0.317 e. The molecule has 0 atom stereocenters. The Hall–Kier alpha value is -2.91. The molecule has 0 spiro atoms. The van der Waals surface area contributed by atoms with Gasteiger partial charge in [0.2, 0.25) is 5.69 Å². The lowest BCUT2D eigenvalue weighted by atomic mass is 10.2. The van der Waals surface area contributed by atoms with E-state index >= 15 is 0 Å². The Bertz CT molecular complexity index is 1020. The number of amides is 1. The summed E-state index contributed by atoms with van der Waals surface area (Å²) in [6.45, 7) is 3.79. The molecule has 2 aromatic heterocycles. The number of hydrogen-bond donors (Lipinski definition) is 2. The molecule has 11 heteroatoms. The summed E-state index contributed by atoms with van der Waals surface area (Å²) in [7, 11) is 0. The quantitative estimate of drug-likeness (QED) is 0.492. The van der Waals surface area contributed by atoms with E-state index in [4.69, 9.17) is 23.2 Å². The number of nitro groups is 1. The normalized spacial score (nSPS) is 10.8. The molecule has 140 valence electrons. The van der Waals surface area contributed by atoms with Crippen LogP contribution in [0.3, 0.4) is 0 Å². The maximum atomic E-state index is 12.4. The van der Waals surface area contributed by atoms with Crippen LogP contribution < -0.4 is 5.32 Å². The first kappa shape index (κ1) is 18.9. The van der Waals surface area contributed by atoms with Crippen molar-refractivity contribution < 1.29 is 9.72 Å². The topological polar surface area (TPSA) is 119 Å². The van der Waals surface area contributed by atoms with E-state index in [9.17, 15) is 14.9 Å². The van der Waals surface area contributed by atoms with Gasteiger partial charge in [0.05, 0.1) is 28.5 Å². The number of nitrogens with one attached hydrogen (secondary N) is 2. The van der Waals surface area contributed by atoms with E-state index in [-0.39, 0.29) is 5.69 Å². The number of carbonyl (C=O) groups excluding carboxylic acids is 1. The lowest BCUT2D eigenvalue weighted by molar-refractivity contribution is -0.385. The van der Waals surface area contributed by atoms with Crippen molar-refractivity contribution in [1.82, 2.24) is 20.0 Å². The van der Waals surface area contributed by atoms with Gasteiger partial charge in [-0.2, -0.15) is 10.2 Å². The van der Waals surface area contributed by atoms with Gasteiger partial charge in [-0.1, -0.05) is 29.3 Å². The Labute approximate surface area is 163 Å². The number of rotatable bonds is 5. The van der Waals surface area contributed by atoms with E-state index in [1.165, 1.54) is 0 Å². The average Bonchev–Trinajstić information content (AvgIpc) is 3.19. The smallest absolute Gasteiger partial charge is 0.317 e. The zero-order valence-corrected chi connectivity index (χ0v) is 15.8. The third-order valence-corrected chi connectivity index (χ3v) is 4.74. The monoisotopic (exact) mass is 408 g/mol. The number of aromatic amines is 1. The van der Waals surface area contributed by atoms with Gasteiger partial charge in [-0.25, -0.2) is 0 Å². The molecule has 0 radical (unpaired) electrons. The van der Waals surface area contributed by atoms with Crippen molar-refractivity contribution >= 4 is 40.5 Å². The van der Waals surface area contributed by atoms with E-state index in [0.717, 1.165) is 6.20 Å². The van der Waals surface area contributed by atoms with Gasteiger partial charge < -0.3 is 5.32 Å². The maximum absolute atomic E-state index is 12.4. The summed E-state index contributed by atoms with van der Waals surface area (Å²) in [5.74, 6) is -0.680. The lowest BCUT2D eigenvalue weighted by Crippen LogP contribution is -2.15. The number of halogens is 2. The number of nitrogens with zero attached hydrogens (tertiary/aromatic N) is 4. The predicted molar refractivity (Wildman–Crippen MR) is 100 cm³/mol. The number of hydrogen-bond acceptors (Lipinski definition) is 5. The number of aryl methyl sites for hydroxylation is 1. The molecule has 0 aliphatic rings. The molecule has 0 fully saturated rings. The van der Waals surface area contributed by atoms with E-state index in [1.807, 2.05) is 0 Å². The van der Waals surface area contributed by atoms with Gasteiger partial charge in [0.1, 0.15) is 6.20 Å². The van der Waals surface area contributed by atoms with Gasteiger partial charge in [-0.05, 0) is 26.0 Å². The van der Waals surface area contributed by atoms with Gasteiger partial charge >= 0.3 is 5.69 Å². The molecular weight excluding hydrogens is 395 g/mol. The van der Waals surface area contributed by atoms with Gasteiger partial charge in [-0.15, -0.1) is 0 Å². The van der Waals surface area contributed by atoms with Crippen LogP contribution >= 0.6 is 23.2 Å². The first-order valence-corrected chi connectivity index (χ1v) is 8.51. The highest BCUT2D eigenvalue weighted by atomic mass is 35.5. The predicted octanol–water partition coefficient (Wildman–Crippen LogP) is 3.74. The van der Waals surface area contributed by atoms with Gasteiger partial charge in [0.15, 0.2) is 0 Å². The summed E-state index contributed by atoms with van der Waals surface area (Å²) in [6, 6.07) is 5.21. The Morgan fingerprint density at radius 2 is 2.00 bits per heavy atom. The van der Waals surface area contributed by atoms with Gasteiger partial charge in [0, 0.05) is 15.6 Å². The number of H-pyrrole nitrogens is 1. The highest BCUT2D eigenvalue weighted by molar-refractivity contribution is 6.36. The molecule has 0 bridgehead atoms. The molecule has 0 aliphatic heterocycles. The standard InChI is InChI=1S/C16H14Cl2N6O3/c1-8-14(20-16(25)15-13(24(26)27)6-19-21-15)9(2)23(22-8)7-10-11(17)4-3-5-12(10)18/h3-6H,7H2,1-2H3,(H,19,21)(H,20,25). The number of anilines is 1. The first-order chi connectivity index (χ1) is 12.8. The summed E-state index contributed by atoms with van der Waals surface area (Å²) in [4.78, 5) is 22.7. The largest absolute Gasteiger partial charge is 0.319 e. The van der Waals surface area contributed by atoms with Crippen molar-refractivity contribution in [3.63, 3.8) is 0 Å². The molecule has 0 unspecified atom stereocenters. The van der Waals surface area contributed by atoms with Crippen LogP contribution in [-0.4, -0.2) is 30.8 Å². The fourth-order valence-corrected chi connectivity index (χ4v) is 3.14. The Kier molecular flexibility index (Phi) is 5.15. The van der Waals surface area contributed by atoms with E-state index in [1.54, 1.807) is 36.7 Å². The molecule has 1 amide bonds. The van der Waals surface area contributed by atoms with Crippen molar-refractivity contribution in [1.29, 1.82) is 0 Å². The van der Waals surface area contributed by atoms with Gasteiger partial charge in [0.25, 0.3) is 5.91 Å². The average molecular weight is 409 g/mol. The van der Waals surface area contributed by atoms with Crippen LogP contribution in [0.1, 0.15) is 27.4 Å². The van der Waals surface area contributed by atoms with Crippen LogP contribution in [-0.2, 0) is 6.54 Å². The SMILES string of the molecule is Cc1nn(Cc2c(Cl)cccc2Cl)c(C)c1NC(=O)c1[nH]ncc1[N+](=O)[O-]. The first-order valence-electron chi connectivity index (χ1n) is 7.75. The number of carbonyl (C=O) groups is 1. The fourth-order valence-electron chi connectivity index (χ4n) is 2.63. The molecule has 1 aromatic carbocycles. The zero-order chi connectivity index (χ0) is 19.7. The van der Waals surface area contributed by atoms with Crippen LogP contribution in [0.25, 0.3) is 0 Å². The summed E-state index contributed by atoms with van der Waals surface area (Å²) in [5, 5.41) is 24.9. The van der Waals surface area contributed by atoms with Crippen LogP contribution in [0.15, 0.2) is 24.4 Å². The minimum absolute atomic E-state index is 0.235. The summed E-state index contributed by atoms with van der Waals surface area (Å²) < 4.78 is 1.65. The molecule has 27 heavy (non-hydrogen) atoms. The molecule has 0 saturated carbocycles. The van der Waals surface area contributed by atoms with E-state index < -0.39 is 16.5 Å². The molecular formula is C16H14Cl2N6O3. The summed E-state index contributed by atoms with van der Waals surface area (Å²) >= 11 is 12.4. The van der Waals surface area contributed by atoms with E-state index in [0.29, 0.717) is 39.2 Å². The molecule has 0 saturated heterocycles. The van der Waals surface area contributed by atoms with Crippen molar-refractivity contribution in [3.05, 3.63) is 67.2 Å². The zero-order valence-electron chi connectivity index (χ0n) is 14.3. The number of aromatic nitrogens is 4. The molecule has 2 N–H and O–H groups in total. The molecule has 9 nitrogen and oxygen atoms in total. The highest BCUT2D eigenvalue weighted by Crippen LogP contribution is 2.28. The third kappa shape index (κ3) is 3.64. The van der Waals surface area contributed by atoms with Crippen LogP contribution in [0.5, 0.6) is 0 Å². The molecule has 3 aromatic rings. The van der Waals surface area contributed by atoms with Crippen molar-refractivity contribution in [2.24, 2.45) is 0 Å². The summed E-state index contributed by atoms with van der Waals surface area (Å²) in [5.41, 5.74) is 1.71. The van der Waals surface area contributed by atoms with Crippen LogP contribution in [0.4, 0.5) is 11.4 Å². The van der Waals surface area contributed by atoms with Crippen molar-refractivity contribution in [2.75, 3.05) is 5.32 Å². The second-order valence-electron chi connectivity index (χ2n) is 5.75. The van der Waals surface area contributed by atoms with Gasteiger partial charge in [-0.3, -0.25) is 24.7 Å². The Morgan fingerprint density at radius 1 is 1.33 bits per heavy atom. The lowest BCUT2D eigenvalue weighted by Gasteiger charge is -2.09. The molecule has 2 heterocycles. The number of benzene rings is 1. The maximum Gasteiger partial charge on any atom is 0.319 e. The van der Waals surface area contributed by atoms with Crippen molar-refractivity contribution in [3.8, 4) is 0 Å². The molecule has 0 aliphatic carbocycles. The minimum atomic E-state index is -0.680. The molecule has 3 rings (SSSR count). The fraction of sp³-hybridized carbons (Fsp3) is 0.188. The van der Waals surface area contributed by atoms with Crippen LogP contribution in [0.2, 0.25) is 10.0 Å². The second-order valence-corrected chi connectivity index (χ2v) is 6.56. The van der Waals surface area contributed by atoms with Crippen LogP contribution in [0, 0.1) is 24.0 Å². The van der Waals surface area contributed by atoms with E-state index in [2.05, 4.69) is 20.6 Å². The van der Waals surface area contributed by atoms with Crippen molar-refractivity contribution in [2.45, 2.75) is 20.4 Å². The highest BCUT2D eigenvalue weighted by Gasteiger charge is 2.25.